The molecule has 2 N–H and O–H groups in total. The monoisotopic (exact) mass is 265 g/mol. The summed E-state index contributed by atoms with van der Waals surface area (Å²) >= 11 is 0. The number of hydrogen-bond acceptors (Lipinski definition) is 2. The van der Waals surface area contributed by atoms with Gasteiger partial charge in [0, 0.05) is 17.3 Å². The van der Waals surface area contributed by atoms with Crippen LogP contribution < -0.4 is 0 Å². The quantitative estimate of drug-likeness (QED) is 0.707. The van der Waals surface area contributed by atoms with Crippen molar-refractivity contribution in [1.29, 1.82) is 0 Å². The van der Waals surface area contributed by atoms with E-state index in [0.29, 0.717) is 12.1 Å². The molecular weight excluding hydrogens is 250 g/mol. The Morgan fingerprint density at radius 3 is 2.65 bits per heavy atom. The Balaban J connectivity index is 1.75. The molecule has 1 aromatic heterocycles. The molecule has 2 aromatic carbocycles. The number of ketones is 1. The van der Waals surface area contributed by atoms with Gasteiger partial charge in [-0.1, -0.05) is 30.3 Å². The molecule has 0 unspecified atom stereocenters. The number of carbonyl (C=O) groups is 1. The van der Waals surface area contributed by atoms with Gasteiger partial charge in [-0.05, 0) is 36.2 Å². The first-order valence-electron chi connectivity index (χ1n) is 6.61. The molecule has 0 saturated heterocycles. The minimum absolute atomic E-state index is 0.0875. The van der Waals surface area contributed by atoms with Crippen molar-refractivity contribution >= 4 is 16.7 Å². The summed E-state index contributed by atoms with van der Waals surface area (Å²) in [6.45, 7) is 0. The molecule has 0 amide bonds. The average molecular weight is 265 g/mol. The van der Waals surface area contributed by atoms with E-state index in [0.717, 1.165) is 22.9 Å². The Bertz CT molecular complexity index is 744. The summed E-state index contributed by atoms with van der Waals surface area (Å²) < 4.78 is 0. The highest BCUT2D eigenvalue weighted by atomic mass is 16.3. The number of nitrogens with one attached hydrogen (secondary N) is 1. The Hall–Kier alpha value is -2.55. The van der Waals surface area contributed by atoms with E-state index in [9.17, 15) is 9.90 Å². The van der Waals surface area contributed by atoms with Crippen LogP contribution in [0.3, 0.4) is 0 Å². The van der Waals surface area contributed by atoms with Gasteiger partial charge in [-0.2, -0.15) is 0 Å². The molecule has 100 valence electrons. The minimum atomic E-state index is 0.0875. The number of benzene rings is 2. The van der Waals surface area contributed by atoms with Crippen molar-refractivity contribution < 1.29 is 9.90 Å². The second-order valence-corrected chi connectivity index (χ2v) is 4.86. The largest absolute Gasteiger partial charge is 0.508 e. The number of rotatable bonds is 4. The molecule has 1 heterocycles. The van der Waals surface area contributed by atoms with Crippen LogP contribution in [0.15, 0.2) is 54.6 Å². The summed E-state index contributed by atoms with van der Waals surface area (Å²) in [7, 11) is 0. The van der Waals surface area contributed by atoms with Crippen LogP contribution in [0.1, 0.15) is 22.5 Å². The maximum atomic E-state index is 12.2. The molecule has 20 heavy (non-hydrogen) atoms. The van der Waals surface area contributed by atoms with Crippen molar-refractivity contribution in [3.05, 3.63) is 65.9 Å². The van der Waals surface area contributed by atoms with Gasteiger partial charge < -0.3 is 10.1 Å². The second kappa shape index (κ2) is 5.21. The normalized spacial score (nSPS) is 10.8. The summed E-state index contributed by atoms with van der Waals surface area (Å²) in [6.07, 6.45) is 1.21. The van der Waals surface area contributed by atoms with E-state index in [-0.39, 0.29) is 11.5 Å². The molecule has 0 fully saturated rings. The molecular formula is C17H15NO2. The van der Waals surface area contributed by atoms with Gasteiger partial charge in [-0.3, -0.25) is 4.79 Å². The molecule has 0 aliphatic heterocycles. The van der Waals surface area contributed by atoms with E-state index in [4.69, 9.17) is 0 Å². The van der Waals surface area contributed by atoms with Gasteiger partial charge in [0.25, 0.3) is 0 Å². The van der Waals surface area contributed by atoms with Gasteiger partial charge in [0.15, 0.2) is 5.78 Å². The van der Waals surface area contributed by atoms with Gasteiger partial charge in [-0.25, -0.2) is 0 Å². The van der Waals surface area contributed by atoms with Gasteiger partial charge >= 0.3 is 0 Å². The van der Waals surface area contributed by atoms with Crippen molar-refractivity contribution in [2.45, 2.75) is 12.8 Å². The summed E-state index contributed by atoms with van der Waals surface area (Å²) in [5.41, 5.74) is 2.63. The zero-order chi connectivity index (χ0) is 13.9. The Morgan fingerprint density at radius 2 is 1.85 bits per heavy atom. The number of aryl methyl sites for hydroxylation is 1. The first kappa shape index (κ1) is 12.5. The standard InChI is InChI=1S/C17H15NO2/c19-14-7-8-15-13(10-14)11-16(18-15)17(20)9-6-12-4-2-1-3-5-12/h1-5,7-8,10-11,18-19H,6,9H2. The fourth-order valence-corrected chi connectivity index (χ4v) is 2.31. The van der Waals surface area contributed by atoms with Crippen molar-refractivity contribution in [1.82, 2.24) is 4.98 Å². The molecule has 0 spiro atoms. The molecule has 0 atom stereocenters. The first-order chi connectivity index (χ1) is 9.72. The van der Waals surface area contributed by atoms with E-state index in [1.54, 1.807) is 24.3 Å². The van der Waals surface area contributed by atoms with Gasteiger partial charge in [0.05, 0.1) is 5.69 Å². The van der Waals surface area contributed by atoms with Gasteiger partial charge in [0.2, 0.25) is 0 Å². The number of aromatic amines is 1. The van der Waals surface area contributed by atoms with Gasteiger partial charge in [-0.15, -0.1) is 0 Å². The summed E-state index contributed by atoms with van der Waals surface area (Å²) in [6, 6.07) is 16.8. The number of aromatic nitrogens is 1. The number of phenolic OH excluding ortho intramolecular Hbond substituents is 1. The summed E-state index contributed by atoms with van der Waals surface area (Å²) in [5.74, 6) is 0.296. The smallest absolute Gasteiger partial charge is 0.179 e. The third-order valence-corrected chi connectivity index (χ3v) is 3.39. The lowest BCUT2D eigenvalue weighted by molar-refractivity contribution is 0.0979. The Kier molecular flexibility index (Phi) is 3.25. The van der Waals surface area contributed by atoms with Crippen LogP contribution in [0.4, 0.5) is 0 Å². The third-order valence-electron chi connectivity index (χ3n) is 3.39. The van der Waals surface area contributed by atoms with Crippen molar-refractivity contribution in [2.24, 2.45) is 0 Å². The number of hydrogen-bond donors (Lipinski definition) is 2. The molecule has 0 saturated carbocycles. The van der Waals surface area contributed by atoms with Crippen LogP contribution in [-0.4, -0.2) is 15.9 Å². The zero-order valence-electron chi connectivity index (χ0n) is 11.0. The van der Waals surface area contributed by atoms with Crippen molar-refractivity contribution in [2.75, 3.05) is 0 Å². The highest BCUT2D eigenvalue weighted by Crippen LogP contribution is 2.21. The van der Waals surface area contributed by atoms with Crippen molar-refractivity contribution in [3.8, 4) is 5.75 Å². The van der Waals surface area contributed by atoms with Crippen LogP contribution in [0.2, 0.25) is 0 Å². The number of aromatic hydroxyl groups is 1. The van der Waals surface area contributed by atoms with Crippen molar-refractivity contribution in [3.63, 3.8) is 0 Å². The predicted molar refractivity (Wildman–Crippen MR) is 79.1 cm³/mol. The summed E-state index contributed by atoms with van der Waals surface area (Å²) in [4.78, 5) is 15.3. The number of fused-ring (bicyclic) bond motifs is 1. The fraction of sp³-hybridized carbons (Fsp3) is 0.118. The fourth-order valence-electron chi connectivity index (χ4n) is 2.31. The lowest BCUT2D eigenvalue weighted by Gasteiger charge is -1.99. The molecule has 3 nitrogen and oxygen atoms in total. The van der Waals surface area contributed by atoms with Crippen LogP contribution in [0.25, 0.3) is 10.9 Å². The molecule has 3 aromatic rings. The first-order valence-corrected chi connectivity index (χ1v) is 6.61. The maximum Gasteiger partial charge on any atom is 0.179 e. The highest BCUT2D eigenvalue weighted by molar-refractivity contribution is 5.99. The molecule has 0 aliphatic rings. The lowest BCUT2D eigenvalue weighted by atomic mass is 10.1. The number of carbonyl (C=O) groups excluding carboxylic acids is 1. The van der Waals surface area contributed by atoms with E-state index in [1.807, 2.05) is 30.3 Å². The third kappa shape index (κ3) is 2.57. The minimum Gasteiger partial charge on any atom is -0.508 e. The van der Waals surface area contributed by atoms with Crippen LogP contribution in [0.5, 0.6) is 5.75 Å². The highest BCUT2D eigenvalue weighted by Gasteiger charge is 2.10. The van der Waals surface area contributed by atoms with Crippen LogP contribution in [0, 0.1) is 0 Å². The molecule has 0 bridgehead atoms. The molecule has 3 rings (SSSR count). The Labute approximate surface area is 116 Å². The van der Waals surface area contributed by atoms with E-state index in [1.165, 1.54) is 0 Å². The molecule has 3 heteroatoms. The average Bonchev–Trinajstić information content (AvgIpc) is 2.89. The Morgan fingerprint density at radius 1 is 1.05 bits per heavy atom. The van der Waals surface area contributed by atoms with Gasteiger partial charge in [0.1, 0.15) is 5.75 Å². The SMILES string of the molecule is O=C(CCc1ccccc1)c1cc2cc(O)ccc2[nH]1. The molecule has 0 aliphatic carbocycles. The van der Waals surface area contributed by atoms with E-state index >= 15 is 0 Å². The topological polar surface area (TPSA) is 53.1 Å². The predicted octanol–water partition coefficient (Wildman–Crippen LogP) is 3.69. The van der Waals surface area contributed by atoms with E-state index < -0.39 is 0 Å². The van der Waals surface area contributed by atoms with E-state index in [2.05, 4.69) is 4.98 Å². The zero-order valence-corrected chi connectivity index (χ0v) is 11.0. The maximum absolute atomic E-state index is 12.2. The summed E-state index contributed by atoms with van der Waals surface area (Å²) in [5, 5.41) is 10.3. The number of Topliss-reactive ketones (excluding diaryl/α,β-unsaturated/α-hetero) is 1. The second-order valence-electron chi connectivity index (χ2n) is 4.86. The number of H-pyrrole nitrogens is 1. The van der Waals surface area contributed by atoms with Crippen LogP contribution in [-0.2, 0) is 6.42 Å². The van der Waals surface area contributed by atoms with Crippen LogP contribution >= 0.6 is 0 Å². The molecule has 0 radical (unpaired) electrons. The lowest BCUT2D eigenvalue weighted by Crippen LogP contribution is -2.01. The number of phenols is 1.